The molecule has 0 aliphatic heterocycles. The van der Waals surface area contributed by atoms with Gasteiger partial charge in [0.2, 0.25) is 5.95 Å². The summed E-state index contributed by atoms with van der Waals surface area (Å²) in [5.41, 5.74) is 6.93. The predicted molar refractivity (Wildman–Crippen MR) is 99.0 cm³/mol. The topological polar surface area (TPSA) is 72.4 Å². The highest BCUT2D eigenvalue weighted by molar-refractivity contribution is 5.79. The molecule has 25 heavy (non-hydrogen) atoms. The lowest BCUT2D eigenvalue weighted by Gasteiger charge is -2.04. The van der Waals surface area contributed by atoms with Gasteiger partial charge in [-0.3, -0.25) is 0 Å². The van der Waals surface area contributed by atoms with Crippen LogP contribution in [0.4, 0.5) is 11.9 Å². The van der Waals surface area contributed by atoms with Gasteiger partial charge in [-0.1, -0.05) is 34.6 Å². The zero-order valence-corrected chi connectivity index (χ0v) is 14.2. The lowest BCUT2D eigenvalue weighted by atomic mass is 10.3. The van der Waals surface area contributed by atoms with E-state index in [2.05, 4.69) is 44.1 Å². The van der Waals surface area contributed by atoms with Crippen LogP contribution >= 0.6 is 0 Å². The van der Waals surface area contributed by atoms with E-state index >= 15 is 0 Å². The summed E-state index contributed by atoms with van der Waals surface area (Å²) in [7, 11) is 0. The first-order valence-corrected chi connectivity index (χ1v) is 8.39. The van der Waals surface area contributed by atoms with E-state index in [1.807, 2.05) is 53.1 Å². The normalized spacial score (nSPS) is 11.8. The summed E-state index contributed by atoms with van der Waals surface area (Å²) < 4.78 is 4.10. The number of imidazole rings is 2. The summed E-state index contributed by atoms with van der Waals surface area (Å²) in [6, 6.07) is 16.0. The molecule has 0 radical (unpaired) electrons. The van der Waals surface area contributed by atoms with Crippen molar-refractivity contribution < 1.29 is 0 Å². The van der Waals surface area contributed by atoms with E-state index in [-0.39, 0.29) is 0 Å². The van der Waals surface area contributed by atoms with Gasteiger partial charge in [0.1, 0.15) is 0 Å². The number of aryl methyl sites for hydroxylation is 2. The number of nitrogens with one attached hydrogen (secondary N) is 1. The minimum atomic E-state index is 0.579. The third-order valence-corrected chi connectivity index (χ3v) is 4.21. The molecule has 0 amide bonds. The average molecular weight is 333 g/mol. The van der Waals surface area contributed by atoms with Crippen molar-refractivity contribution in [3.05, 3.63) is 48.5 Å². The van der Waals surface area contributed by atoms with Crippen LogP contribution in [-0.4, -0.2) is 19.1 Å². The average Bonchev–Trinajstić information content (AvgIpc) is 3.18. The van der Waals surface area contributed by atoms with Crippen molar-refractivity contribution in [2.75, 3.05) is 5.43 Å². The van der Waals surface area contributed by atoms with Gasteiger partial charge in [0.15, 0.2) is 0 Å². The molecule has 0 bridgehead atoms. The number of fused-ring (bicyclic) bond motifs is 2. The number of para-hydroxylation sites is 4. The van der Waals surface area contributed by atoms with Gasteiger partial charge in [-0.15, -0.1) is 0 Å². The minimum Gasteiger partial charge on any atom is -0.309 e. The first kappa shape index (κ1) is 15.3. The number of nitrogens with zero attached hydrogens (tertiary/aromatic N) is 6. The van der Waals surface area contributed by atoms with Crippen LogP contribution in [-0.2, 0) is 13.1 Å². The van der Waals surface area contributed by atoms with Crippen LogP contribution in [0.2, 0.25) is 0 Å². The maximum absolute atomic E-state index is 4.57. The van der Waals surface area contributed by atoms with Crippen LogP contribution in [0.5, 0.6) is 0 Å². The lowest BCUT2D eigenvalue weighted by molar-refractivity contribution is 0.770. The number of rotatable bonds is 5. The molecule has 0 saturated carbocycles. The van der Waals surface area contributed by atoms with Crippen molar-refractivity contribution in [2.45, 2.75) is 26.9 Å². The van der Waals surface area contributed by atoms with Crippen molar-refractivity contribution >= 4 is 34.0 Å². The summed E-state index contributed by atoms with van der Waals surface area (Å²) in [5.74, 6) is 1.25. The molecule has 4 aromatic rings. The van der Waals surface area contributed by atoms with E-state index < -0.39 is 0 Å². The maximum atomic E-state index is 4.57. The van der Waals surface area contributed by atoms with Gasteiger partial charge in [0.25, 0.3) is 5.95 Å². The zero-order chi connectivity index (χ0) is 17.2. The van der Waals surface area contributed by atoms with Gasteiger partial charge >= 0.3 is 0 Å². The fraction of sp³-hybridized carbons (Fsp3) is 0.222. The van der Waals surface area contributed by atoms with Gasteiger partial charge in [-0.05, 0) is 38.1 Å². The Morgan fingerprint density at radius 1 is 0.840 bits per heavy atom. The highest BCUT2D eigenvalue weighted by Gasteiger charge is 2.10. The van der Waals surface area contributed by atoms with Crippen molar-refractivity contribution in [3.8, 4) is 0 Å². The molecule has 0 saturated heterocycles. The summed E-state index contributed by atoms with van der Waals surface area (Å²) in [6.45, 7) is 5.72. The first-order valence-electron chi connectivity index (χ1n) is 8.39. The Morgan fingerprint density at radius 3 is 2.12 bits per heavy atom. The molecule has 7 heteroatoms. The Labute approximate surface area is 145 Å². The van der Waals surface area contributed by atoms with Crippen LogP contribution in [0, 0.1) is 0 Å². The second-order valence-electron chi connectivity index (χ2n) is 5.62. The molecule has 0 aliphatic carbocycles. The molecule has 0 atom stereocenters. The fourth-order valence-corrected chi connectivity index (χ4v) is 3.05. The second-order valence-corrected chi connectivity index (χ2v) is 5.62. The van der Waals surface area contributed by atoms with E-state index in [4.69, 9.17) is 0 Å². The van der Waals surface area contributed by atoms with Gasteiger partial charge in [-0.2, -0.15) is 0 Å². The van der Waals surface area contributed by atoms with E-state index in [1.54, 1.807) is 0 Å². The van der Waals surface area contributed by atoms with E-state index in [0.717, 1.165) is 35.2 Å². The minimum absolute atomic E-state index is 0.579. The highest BCUT2D eigenvalue weighted by atomic mass is 15.5. The van der Waals surface area contributed by atoms with Crippen LogP contribution in [0.15, 0.2) is 58.9 Å². The van der Waals surface area contributed by atoms with Gasteiger partial charge in [0.05, 0.1) is 22.1 Å². The van der Waals surface area contributed by atoms with Gasteiger partial charge in [0, 0.05) is 13.1 Å². The van der Waals surface area contributed by atoms with Crippen molar-refractivity contribution in [2.24, 2.45) is 10.3 Å². The number of benzene rings is 2. The molecule has 1 N–H and O–H groups in total. The van der Waals surface area contributed by atoms with Crippen molar-refractivity contribution in [1.82, 2.24) is 19.1 Å². The third kappa shape index (κ3) is 2.63. The molecule has 126 valence electrons. The Hall–Kier alpha value is -3.22. The standard InChI is InChI=1S/C18H19N7/c1-3-24-15-11-7-5-9-13(15)19-17(24)21-23-22-18-20-14-10-6-8-12-16(14)25(18)4-2/h5-12H,3-4H2,1-2H3,(H,19,20,21,22). The summed E-state index contributed by atoms with van der Waals surface area (Å²) in [6.07, 6.45) is 0. The molecular weight excluding hydrogens is 314 g/mol. The van der Waals surface area contributed by atoms with Crippen LogP contribution < -0.4 is 5.43 Å². The fourth-order valence-electron chi connectivity index (χ4n) is 3.05. The van der Waals surface area contributed by atoms with E-state index in [0.29, 0.717) is 11.9 Å². The molecule has 0 unspecified atom stereocenters. The Morgan fingerprint density at radius 2 is 1.44 bits per heavy atom. The summed E-state index contributed by atoms with van der Waals surface area (Å²) in [4.78, 5) is 9.11. The molecule has 0 spiro atoms. The van der Waals surface area contributed by atoms with E-state index in [1.165, 1.54) is 0 Å². The zero-order valence-electron chi connectivity index (χ0n) is 14.2. The lowest BCUT2D eigenvalue weighted by Crippen LogP contribution is -2.01. The first-order chi connectivity index (χ1) is 12.3. The molecule has 2 aromatic carbocycles. The SMILES string of the molecule is CCn1c(/N=N\Nc2nc3ccccc3n2CC)nc2ccccc21. The van der Waals surface area contributed by atoms with Gasteiger partial charge < -0.3 is 9.13 Å². The molecule has 2 heterocycles. The monoisotopic (exact) mass is 333 g/mol. The highest BCUT2D eigenvalue weighted by Crippen LogP contribution is 2.23. The largest absolute Gasteiger partial charge is 0.309 e. The van der Waals surface area contributed by atoms with Crippen molar-refractivity contribution in [3.63, 3.8) is 0 Å². The Kier molecular flexibility index (Phi) is 3.89. The summed E-state index contributed by atoms with van der Waals surface area (Å²) in [5, 5.41) is 8.40. The van der Waals surface area contributed by atoms with Crippen LogP contribution in [0.25, 0.3) is 22.1 Å². The van der Waals surface area contributed by atoms with Crippen LogP contribution in [0.3, 0.4) is 0 Å². The molecule has 4 rings (SSSR count). The maximum Gasteiger partial charge on any atom is 0.252 e. The quantitative estimate of drug-likeness (QED) is 0.430. The van der Waals surface area contributed by atoms with Gasteiger partial charge in [-0.25, -0.2) is 15.4 Å². The van der Waals surface area contributed by atoms with E-state index in [9.17, 15) is 0 Å². The summed E-state index contributed by atoms with van der Waals surface area (Å²) >= 11 is 0. The smallest absolute Gasteiger partial charge is 0.252 e. The molecule has 0 fully saturated rings. The Balaban J connectivity index is 1.65. The Bertz CT molecular complexity index is 1060. The number of hydrogen-bond acceptors (Lipinski definition) is 4. The molecule has 7 nitrogen and oxygen atoms in total. The molecular formula is C18H19N7. The number of hydrogen-bond donors (Lipinski definition) is 1. The van der Waals surface area contributed by atoms with Crippen molar-refractivity contribution in [1.29, 1.82) is 0 Å². The second kappa shape index (κ2) is 6.35. The molecule has 0 aliphatic rings. The third-order valence-electron chi connectivity index (χ3n) is 4.21. The predicted octanol–water partition coefficient (Wildman–Crippen LogP) is 4.54. The molecule has 2 aromatic heterocycles. The van der Waals surface area contributed by atoms with Crippen LogP contribution in [0.1, 0.15) is 13.8 Å². The number of aromatic nitrogens is 4. The number of anilines is 1.